The lowest BCUT2D eigenvalue weighted by atomic mass is 9.96. The summed E-state index contributed by atoms with van der Waals surface area (Å²) in [6.07, 6.45) is 8.06. The molecule has 2 aliphatic rings. The number of ether oxygens (including phenoxy) is 1. The van der Waals surface area contributed by atoms with Gasteiger partial charge in [-0.2, -0.15) is 5.10 Å². The van der Waals surface area contributed by atoms with Crippen molar-refractivity contribution in [3.05, 3.63) is 36.0 Å². The molecule has 1 saturated heterocycles. The molecule has 2 aromatic rings. The fourth-order valence-electron chi connectivity index (χ4n) is 3.48. The number of aliphatic imine (C=N–C) groups is 1. The molecule has 0 atom stereocenters. The first-order chi connectivity index (χ1) is 13.8. The fraction of sp³-hybridized carbons (Fsp3) is 0.600. The van der Waals surface area contributed by atoms with Crippen molar-refractivity contribution in [2.24, 2.45) is 10.9 Å². The summed E-state index contributed by atoms with van der Waals surface area (Å²) < 4.78 is 5.79. The van der Waals surface area contributed by atoms with Crippen molar-refractivity contribution in [3.63, 3.8) is 0 Å². The quantitative estimate of drug-likeness (QED) is 0.563. The number of H-pyrrole nitrogens is 1. The van der Waals surface area contributed by atoms with Gasteiger partial charge in [-0.25, -0.2) is 15.0 Å². The second-order valence-electron chi connectivity index (χ2n) is 7.56. The third kappa shape index (κ3) is 4.99. The van der Waals surface area contributed by atoms with Crippen LogP contribution in [0.3, 0.4) is 0 Å². The van der Waals surface area contributed by atoms with Crippen LogP contribution >= 0.6 is 0 Å². The summed E-state index contributed by atoms with van der Waals surface area (Å²) in [5, 5.41) is 10.4. The van der Waals surface area contributed by atoms with E-state index in [-0.39, 0.29) is 0 Å². The van der Waals surface area contributed by atoms with Crippen LogP contribution in [-0.2, 0) is 6.54 Å². The van der Waals surface area contributed by atoms with Crippen molar-refractivity contribution in [3.8, 4) is 5.88 Å². The van der Waals surface area contributed by atoms with Gasteiger partial charge in [-0.3, -0.25) is 5.10 Å². The minimum absolute atomic E-state index is 0.452. The van der Waals surface area contributed by atoms with Gasteiger partial charge in [0.1, 0.15) is 12.2 Å². The molecule has 1 saturated carbocycles. The Labute approximate surface area is 165 Å². The van der Waals surface area contributed by atoms with E-state index < -0.39 is 0 Å². The smallest absolute Gasteiger partial charge is 0.213 e. The molecule has 2 fully saturated rings. The van der Waals surface area contributed by atoms with Gasteiger partial charge in [0, 0.05) is 37.8 Å². The summed E-state index contributed by atoms with van der Waals surface area (Å²) in [7, 11) is 0. The van der Waals surface area contributed by atoms with Gasteiger partial charge < -0.3 is 15.0 Å². The van der Waals surface area contributed by atoms with E-state index in [0.29, 0.717) is 18.3 Å². The first-order valence-corrected chi connectivity index (χ1v) is 10.3. The zero-order valence-corrected chi connectivity index (χ0v) is 16.5. The minimum atomic E-state index is 0.452. The molecule has 0 spiro atoms. The predicted molar refractivity (Wildman–Crippen MR) is 107 cm³/mol. The first kappa shape index (κ1) is 18.7. The second kappa shape index (κ2) is 9.03. The maximum Gasteiger partial charge on any atom is 0.213 e. The van der Waals surface area contributed by atoms with E-state index in [1.807, 2.05) is 18.3 Å². The van der Waals surface area contributed by atoms with Crippen molar-refractivity contribution in [1.82, 2.24) is 30.4 Å². The SMILES string of the molecule is CCNC(=NCc1ccnc(OCC2CC2)c1)N1CCC(c2ncn[nH]2)CC1. The van der Waals surface area contributed by atoms with Gasteiger partial charge >= 0.3 is 0 Å². The maximum absolute atomic E-state index is 5.79. The summed E-state index contributed by atoms with van der Waals surface area (Å²) in [6, 6.07) is 4.01. The number of hydrogen-bond acceptors (Lipinski definition) is 5. The van der Waals surface area contributed by atoms with E-state index in [1.54, 1.807) is 6.33 Å². The van der Waals surface area contributed by atoms with Crippen LogP contribution in [0.4, 0.5) is 0 Å². The van der Waals surface area contributed by atoms with Gasteiger partial charge in [-0.1, -0.05) is 0 Å². The van der Waals surface area contributed by atoms with E-state index in [4.69, 9.17) is 9.73 Å². The van der Waals surface area contributed by atoms with Gasteiger partial charge in [0.15, 0.2) is 5.96 Å². The second-order valence-corrected chi connectivity index (χ2v) is 7.56. The molecule has 28 heavy (non-hydrogen) atoms. The molecule has 1 aliphatic heterocycles. The molecule has 4 rings (SSSR count). The van der Waals surface area contributed by atoms with Crippen molar-refractivity contribution in [2.75, 3.05) is 26.2 Å². The van der Waals surface area contributed by atoms with E-state index in [0.717, 1.165) is 62.3 Å². The zero-order valence-electron chi connectivity index (χ0n) is 16.5. The molecule has 0 aromatic carbocycles. The number of piperidine rings is 1. The molecule has 150 valence electrons. The molecule has 2 aromatic heterocycles. The lowest BCUT2D eigenvalue weighted by molar-refractivity contribution is 0.288. The Morgan fingerprint density at radius 1 is 1.29 bits per heavy atom. The molecule has 0 unspecified atom stereocenters. The molecular weight excluding hydrogens is 354 g/mol. The van der Waals surface area contributed by atoms with Gasteiger partial charge in [0.25, 0.3) is 0 Å². The highest BCUT2D eigenvalue weighted by atomic mass is 16.5. The van der Waals surface area contributed by atoms with Crippen LogP contribution in [0.1, 0.15) is 49.9 Å². The Balaban J connectivity index is 1.34. The lowest BCUT2D eigenvalue weighted by Gasteiger charge is -2.33. The monoisotopic (exact) mass is 383 g/mol. The molecule has 2 N–H and O–H groups in total. The molecule has 3 heterocycles. The van der Waals surface area contributed by atoms with Crippen molar-refractivity contribution in [2.45, 2.75) is 45.1 Å². The number of nitrogens with one attached hydrogen (secondary N) is 2. The topological polar surface area (TPSA) is 91.3 Å². The number of guanidine groups is 1. The number of hydrogen-bond donors (Lipinski definition) is 2. The molecule has 1 aliphatic carbocycles. The normalized spacial score (nSPS) is 18.3. The summed E-state index contributed by atoms with van der Waals surface area (Å²) in [5.41, 5.74) is 1.12. The van der Waals surface area contributed by atoms with E-state index in [1.165, 1.54) is 12.8 Å². The van der Waals surface area contributed by atoms with Crippen LogP contribution < -0.4 is 10.1 Å². The van der Waals surface area contributed by atoms with Crippen molar-refractivity contribution < 1.29 is 4.74 Å². The molecule has 0 amide bonds. The van der Waals surface area contributed by atoms with Crippen LogP contribution in [0.15, 0.2) is 29.6 Å². The number of aromatic amines is 1. The van der Waals surface area contributed by atoms with Gasteiger partial charge in [0.2, 0.25) is 5.88 Å². The Bertz CT molecular complexity index is 765. The summed E-state index contributed by atoms with van der Waals surface area (Å²) >= 11 is 0. The van der Waals surface area contributed by atoms with Crippen LogP contribution in [0.2, 0.25) is 0 Å². The summed E-state index contributed by atoms with van der Waals surface area (Å²) in [6.45, 7) is 6.28. The van der Waals surface area contributed by atoms with Crippen LogP contribution in [0, 0.1) is 5.92 Å². The Morgan fingerprint density at radius 2 is 2.14 bits per heavy atom. The maximum atomic E-state index is 5.79. The Kier molecular flexibility index (Phi) is 6.04. The first-order valence-electron chi connectivity index (χ1n) is 10.3. The average Bonchev–Trinajstić information content (AvgIpc) is 3.41. The van der Waals surface area contributed by atoms with Gasteiger partial charge in [-0.05, 0) is 50.2 Å². The molecular formula is C20H29N7O. The highest BCUT2D eigenvalue weighted by molar-refractivity contribution is 5.80. The number of aromatic nitrogens is 4. The highest BCUT2D eigenvalue weighted by Crippen LogP contribution is 2.29. The standard InChI is InChI=1S/C20H29N7O/c1-2-21-20(27-9-6-17(7-10-27)19-24-14-25-26-19)23-12-16-5-8-22-18(11-16)28-13-15-3-4-15/h5,8,11,14-15,17H,2-4,6-7,9-10,12-13H2,1H3,(H,21,23)(H,24,25,26). The number of likely N-dealkylation sites (tertiary alicyclic amines) is 1. The van der Waals surface area contributed by atoms with Crippen molar-refractivity contribution >= 4 is 5.96 Å². The Morgan fingerprint density at radius 3 is 2.86 bits per heavy atom. The van der Waals surface area contributed by atoms with E-state index in [2.05, 4.69) is 37.3 Å². The van der Waals surface area contributed by atoms with E-state index in [9.17, 15) is 0 Å². The number of rotatable bonds is 7. The Hall–Kier alpha value is -2.64. The number of pyridine rings is 1. The highest BCUT2D eigenvalue weighted by Gasteiger charge is 2.24. The lowest BCUT2D eigenvalue weighted by Crippen LogP contribution is -2.45. The van der Waals surface area contributed by atoms with Crippen molar-refractivity contribution in [1.29, 1.82) is 0 Å². The predicted octanol–water partition coefficient (Wildman–Crippen LogP) is 2.33. The molecule has 8 heteroatoms. The third-order valence-corrected chi connectivity index (χ3v) is 5.32. The third-order valence-electron chi connectivity index (χ3n) is 5.32. The summed E-state index contributed by atoms with van der Waals surface area (Å²) in [5.74, 6) is 3.85. The van der Waals surface area contributed by atoms with Crippen LogP contribution in [0.25, 0.3) is 0 Å². The minimum Gasteiger partial charge on any atom is -0.477 e. The molecule has 0 radical (unpaired) electrons. The average molecular weight is 384 g/mol. The summed E-state index contributed by atoms with van der Waals surface area (Å²) in [4.78, 5) is 15.8. The van der Waals surface area contributed by atoms with Crippen LogP contribution in [0.5, 0.6) is 5.88 Å². The largest absolute Gasteiger partial charge is 0.477 e. The zero-order chi connectivity index (χ0) is 19.2. The number of nitrogens with zero attached hydrogens (tertiary/aromatic N) is 5. The fourth-order valence-corrected chi connectivity index (χ4v) is 3.48. The van der Waals surface area contributed by atoms with Crippen LogP contribution in [-0.4, -0.2) is 57.3 Å². The van der Waals surface area contributed by atoms with Gasteiger partial charge in [-0.15, -0.1) is 0 Å². The van der Waals surface area contributed by atoms with E-state index >= 15 is 0 Å². The molecule has 0 bridgehead atoms. The molecule has 8 nitrogen and oxygen atoms in total. The van der Waals surface area contributed by atoms with Gasteiger partial charge in [0.05, 0.1) is 13.2 Å².